The molecule has 33 heavy (non-hydrogen) atoms. The van der Waals surface area contributed by atoms with Gasteiger partial charge in [0.25, 0.3) is 0 Å². The lowest BCUT2D eigenvalue weighted by Gasteiger charge is -2.22. The summed E-state index contributed by atoms with van der Waals surface area (Å²) in [6.07, 6.45) is 0.206. The highest BCUT2D eigenvalue weighted by Crippen LogP contribution is 2.38. The summed E-state index contributed by atoms with van der Waals surface area (Å²) in [5.74, 6) is 1.84. The Bertz CT molecular complexity index is 1120. The summed E-state index contributed by atoms with van der Waals surface area (Å²) in [6.45, 7) is 4.19. The number of para-hydroxylation sites is 3. The molecular weight excluding hydrogens is 416 g/mol. The monoisotopic (exact) mass is 446 g/mol. The number of ether oxygens (including phenoxy) is 3. The van der Waals surface area contributed by atoms with Gasteiger partial charge >= 0.3 is 0 Å². The fourth-order valence-electron chi connectivity index (χ4n) is 3.77. The Kier molecular flexibility index (Phi) is 8.30. The van der Waals surface area contributed by atoms with Crippen molar-refractivity contribution in [2.24, 2.45) is 0 Å². The van der Waals surface area contributed by atoms with Gasteiger partial charge < -0.3 is 24.4 Å². The molecule has 5 nitrogen and oxygen atoms in total. The molecule has 2 atom stereocenters. The lowest BCUT2D eigenvalue weighted by molar-refractivity contribution is 0.171. The summed E-state index contributed by atoms with van der Waals surface area (Å²) >= 11 is 0. The maximum Gasteiger partial charge on any atom is 0.126 e. The topological polar surface area (TPSA) is 68.2 Å². The SMILES string of the molecule is C=C(/C(=C\c1ccccc1OC)C[C@H](O)c1ccccc1OC)[C@H](O)c1ccccc1OC. The second kappa shape index (κ2) is 11.4. The van der Waals surface area contributed by atoms with Crippen LogP contribution in [0.15, 0.2) is 90.5 Å². The molecule has 0 radical (unpaired) electrons. The summed E-state index contributed by atoms with van der Waals surface area (Å²) in [7, 11) is 4.74. The highest BCUT2D eigenvalue weighted by atomic mass is 16.5. The third-order valence-electron chi connectivity index (χ3n) is 5.56. The molecule has 3 aromatic rings. The van der Waals surface area contributed by atoms with Crippen LogP contribution in [0.5, 0.6) is 17.2 Å². The van der Waals surface area contributed by atoms with Crippen LogP contribution in [0.25, 0.3) is 6.08 Å². The molecule has 0 bridgehead atoms. The van der Waals surface area contributed by atoms with E-state index in [0.717, 1.165) is 5.56 Å². The van der Waals surface area contributed by atoms with Gasteiger partial charge in [-0.1, -0.05) is 61.2 Å². The lowest BCUT2D eigenvalue weighted by atomic mass is 9.89. The molecule has 172 valence electrons. The van der Waals surface area contributed by atoms with Crippen LogP contribution in [-0.2, 0) is 0 Å². The molecule has 0 fully saturated rings. The van der Waals surface area contributed by atoms with Crippen LogP contribution in [0.2, 0.25) is 0 Å². The van der Waals surface area contributed by atoms with E-state index >= 15 is 0 Å². The average molecular weight is 447 g/mol. The van der Waals surface area contributed by atoms with Crippen molar-refractivity contribution in [1.29, 1.82) is 0 Å². The maximum atomic E-state index is 11.2. The highest BCUT2D eigenvalue weighted by molar-refractivity contribution is 5.64. The predicted octanol–water partition coefficient (Wildman–Crippen LogP) is 5.51. The number of hydrogen-bond donors (Lipinski definition) is 2. The molecule has 0 unspecified atom stereocenters. The van der Waals surface area contributed by atoms with E-state index in [1.165, 1.54) is 0 Å². The van der Waals surface area contributed by atoms with Crippen LogP contribution >= 0.6 is 0 Å². The average Bonchev–Trinajstić information content (AvgIpc) is 2.87. The maximum absolute atomic E-state index is 11.2. The van der Waals surface area contributed by atoms with E-state index in [4.69, 9.17) is 14.2 Å². The first-order chi connectivity index (χ1) is 16.0. The van der Waals surface area contributed by atoms with E-state index in [-0.39, 0.29) is 6.42 Å². The van der Waals surface area contributed by atoms with E-state index in [1.807, 2.05) is 60.7 Å². The molecule has 0 amide bonds. The van der Waals surface area contributed by atoms with Gasteiger partial charge in [-0.15, -0.1) is 0 Å². The molecule has 0 saturated heterocycles. The molecule has 2 N–H and O–H groups in total. The van der Waals surface area contributed by atoms with E-state index in [0.29, 0.717) is 39.5 Å². The van der Waals surface area contributed by atoms with Crippen molar-refractivity contribution >= 4 is 6.08 Å². The van der Waals surface area contributed by atoms with Crippen LogP contribution in [0.1, 0.15) is 35.3 Å². The summed E-state index contributed by atoms with van der Waals surface area (Å²) in [4.78, 5) is 0. The van der Waals surface area contributed by atoms with Crippen molar-refractivity contribution in [3.63, 3.8) is 0 Å². The number of hydrogen-bond acceptors (Lipinski definition) is 5. The summed E-state index contributed by atoms with van der Waals surface area (Å²) < 4.78 is 16.3. The van der Waals surface area contributed by atoms with E-state index in [1.54, 1.807) is 39.5 Å². The molecule has 0 spiro atoms. The number of methoxy groups -OCH3 is 3. The molecule has 3 rings (SSSR count). The van der Waals surface area contributed by atoms with Crippen molar-refractivity contribution < 1.29 is 24.4 Å². The first-order valence-electron chi connectivity index (χ1n) is 10.6. The molecule has 0 heterocycles. The minimum Gasteiger partial charge on any atom is -0.496 e. The predicted molar refractivity (Wildman–Crippen MR) is 131 cm³/mol. The largest absolute Gasteiger partial charge is 0.496 e. The molecule has 3 aromatic carbocycles. The quantitative estimate of drug-likeness (QED) is 0.402. The Morgan fingerprint density at radius 2 is 1.24 bits per heavy atom. The number of aliphatic hydroxyl groups excluding tert-OH is 2. The summed E-state index contributed by atoms with van der Waals surface area (Å²) in [6, 6.07) is 22.2. The molecule has 0 aliphatic carbocycles. The van der Waals surface area contributed by atoms with Gasteiger partial charge in [-0.05, 0) is 35.4 Å². The van der Waals surface area contributed by atoms with Crippen molar-refractivity contribution in [1.82, 2.24) is 0 Å². The first kappa shape index (κ1) is 24.1. The van der Waals surface area contributed by atoms with Gasteiger partial charge in [0.2, 0.25) is 0 Å². The van der Waals surface area contributed by atoms with E-state index in [9.17, 15) is 10.2 Å². The van der Waals surface area contributed by atoms with Crippen LogP contribution < -0.4 is 14.2 Å². The third kappa shape index (κ3) is 5.64. The molecule has 0 aliphatic heterocycles. The Morgan fingerprint density at radius 3 is 1.85 bits per heavy atom. The zero-order valence-electron chi connectivity index (χ0n) is 19.2. The third-order valence-corrected chi connectivity index (χ3v) is 5.56. The second-order valence-corrected chi connectivity index (χ2v) is 7.54. The molecule has 5 heteroatoms. The molecule has 0 aromatic heterocycles. The van der Waals surface area contributed by atoms with Gasteiger partial charge in [0.1, 0.15) is 23.4 Å². The fraction of sp³-hybridized carbons (Fsp3) is 0.214. The van der Waals surface area contributed by atoms with Crippen LogP contribution in [-0.4, -0.2) is 31.5 Å². The minimum absolute atomic E-state index is 0.212. The lowest BCUT2D eigenvalue weighted by Crippen LogP contribution is -2.09. The zero-order valence-corrected chi connectivity index (χ0v) is 19.2. The van der Waals surface area contributed by atoms with Gasteiger partial charge in [0.05, 0.1) is 27.4 Å². The Balaban J connectivity index is 2.03. The molecule has 0 aliphatic rings. The van der Waals surface area contributed by atoms with Gasteiger partial charge in [0, 0.05) is 23.1 Å². The molecule has 0 saturated carbocycles. The van der Waals surface area contributed by atoms with Gasteiger partial charge in [-0.25, -0.2) is 0 Å². The Morgan fingerprint density at radius 1 is 0.758 bits per heavy atom. The van der Waals surface area contributed by atoms with Gasteiger partial charge in [-0.2, -0.15) is 0 Å². The van der Waals surface area contributed by atoms with E-state index < -0.39 is 12.2 Å². The normalized spacial score (nSPS) is 13.2. The fourth-order valence-corrected chi connectivity index (χ4v) is 3.77. The van der Waals surface area contributed by atoms with Crippen LogP contribution in [0.4, 0.5) is 0 Å². The number of rotatable bonds is 10. The van der Waals surface area contributed by atoms with Crippen molar-refractivity contribution in [3.8, 4) is 17.2 Å². The van der Waals surface area contributed by atoms with Gasteiger partial charge in [-0.3, -0.25) is 0 Å². The smallest absolute Gasteiger partial charge is 0.126 e. The summed E-state index contributed by atoms with van der Waals surface area (Å²) in [5, 5.41) is 22.3. The van der Waals surface area contributed by atoms with E-state index in [2.05, 4.69) is 6.58 Å². The van der Waals surface area contributed by atoms with Gasteiger partial charge in [0.15, 0.2) is 0 Å². The van der Waals surface area contributed by atoms with Crippen molar-refractivity contribution in [2.75, 3.05) is 21.3 Å². The Hall–Kier alpha value is -3.54. The van der Waals surface area contributed by atoms with Crippen molar-refractivity contribution in [2.45, 2.75) is 18.6 Å². The van der Waals surface area contributed by atoms with Crippen LogP contribution in [0.3, 0.4) is 0 Å². The molecular formula is C28H30O5. The zero-order chi connectivity index (χ0) is 23.8. The summed E-state index contributed by atoms with van der Waals surface area (Å²) in [5.41, 5.74) is 3.21. The second-order valence-electron chi connectivity index (χ2n) is 7.54. The minimum atomic E-state index is -1.02. The number of aliphatic hydroxyl groups is 2. The van der Waals surface area contributed by atoms with Crippen molar-refractivity contribution in [3.05, 3.63) is 107 Å². The first-order valence-corrected chi connectivity index (χ1v) is 10.6. The standard InChI is InChI=1S/C28H30O5/c1-19(28(30)23-13-7-10-16-27(23)33-4)21(17-20-11-5-8-14-25(20)31-2)18-24(29)22-12-6-9-15-26(22)32-3/h5-17,24,28-30H,1,18H2,2-4H3/b21-17-/t24-,28-/m0/s1. The number of benzene rings is 3. The highest BCUT2D eigenvalue weighted by Gasteiger charge is 2.23. The van der Waals surface area contributed by atoms with Crippen LogP contribution in [0, 0.1) is 0 Å². The Labute approximate surface area is 195 Å².